The van der Waals surface area contributed by atoms with E-state index in [-0.39, 0.29) is 17.9 Å². The summed E-state index contributed by atoms with van der Waals surface area (Å²) in [5, 5.41) is 2.62. The highest BCUT2D eigenvalue weighted by Gasteiger charge is 2.42. The number of carbonyl (C=O) groups is 1. The van der Waals surface area contributed by atoms with Crippen LogP contribution in [0.15, 0.2) is 24.3 Å². The third kappa shape index (κ3) is 2.14. The van der Waals surface area contributed by atoms with E-state index in [0.717, 1.165) is 6.07 Å². The monoisotopic (exact) mass is 243 g/mol. The Kier molecular flexibility index (Phi) is 2.64. The van der Waals surface area contributed by atoms with Crippen molar-refractivity contribution in [2.24, 2.45) is 0 Å². The first-order valence-electron chi connectivity index (χ1n) is 5.31. The molecule has 5 heteroatoms. The Morgan fingerprint density at radius 1 is 1.29 bits per heavy atom. The van der Waals surface area contributed by atoms with Gasteiger partial charge in [-0.2, -0.15) is 13.2 Å². The Morgan fingerprint density at radius 3 is 2.47 bits per heavy atom. The lowest BCUT2D eigenvalue weighted by Crippen LogP contribution is -2.37. The normalized spacial score (nSPS) is 24.8. The van der Waals surface area contributed by atoms with Crippen LogP contribution in [0.3, 0.4) is 0 Å². The molecule has 1 aromatic carbocycles. The van der Waals surface area contributed by atoms with Crippen molar-refractivity contribution in [3.8, 4) is 0 Å². The van der Waals surface area contributed by atoms with Gasteiger partial charge in [0.2, 0.25) is 5.91 Å². The number of halogens is 3. The van der Waals surface area contributed by atoms with Crippen molar-refractivity contribution < 1.29 is 18.0 Å². The van der Waals surface area contributed by atoms with E-state index in [4.69, 9.17) is 0 Å². The summed E-state index contributed by atoms with van der Waals surface area (Å²) in [5.74, 6) is -0.204. The van der Waals surface area contributed by atoms with Crippen LogP contribution in [0.1, 0.15) is 30.9 Å². The molecule has 1 aromatic rings. The average Bonchev–Trinajstić information content (AvgIpc) is 2.59. The standard InChI is InChI=1S/C12H12F3NO/c1-11(7-6-10(17)16-11)8-4-2-3-5-9(8)12(13,14)15/h2-5H,6-7H2,1H3,(H,16,17). The number of carbonyl (C=O) groups excluding carboxylic acids is 1. The number of nitrogens with one attached hydrogen (secondary N) is 1. The SMILES string of the molecule is CC1(c2ccccc2C(F)(F)F)CCC(=O)N1. The minimum Gasteiger partial charge on any atom is -0.347 e. The molecule has 1 amide bonds. The molecular weight excluding hydrogens is 231 g/mol. The fourth-order valence-corrected chi connectivity index (χ4v) is 2.21. The van der Waals surface area contributed by atoms with Crippen molar-refractivity contribution in [3.05, 3.63) is 35.4 Å². The van der Waals surface area contributed by atoms with Gasteiger partial charge in [0.05, 0.1) is 11.1 Å². The van der Waals surface area contributed by atoms with Crippen molar-refractivity contribution in [1.82, 2.24) is 5.32 Å². The second-order valence-corrected chi connectivity index (χ2v) is 4.42. The summed E-state index contributed by atoms with van der Waals surface area (Å²) in [6.45, 7) is 1.63. The molecule has 0 aliphatic carbocycles. The maximum absolute atomic E-state index is 12.9. The van der Waals surface area contributed by atoms with Gasteiger partial charge in [0.15, 0.2) is 0 Å². The van der Waals surface area contributed by atoms with Crippen molar-refractivity contribution in [2.45, 2.75) is 31.5 Å². The molecule has 0 aromatic heterocycles. The zero-order chi connectivity index (χ0) is 12.7. The van der Waals surface area contributed by atoms with Crippen LogP contribution in [0.2, 0.25) is 0 Å². The maximum Gasteiger partial charge on any atom is 0.416 e. The quantitative estimate of drug-likeness (QED) is 0.807. The van der Waals surface area contributed by atoms with E-state index in [2.05, 4.69) is 5.32 Å². The van der Waals surface area contributed by atoms with Gasteiger partial charge < -0.3 is 5.32 Å². The zero-order valence-electron chi connectivity index (χ0n) is 9.27. The zero-order valence-corrected chi connectivity index (χ0v) is 9.27. The highest BCUT2D eigenvalue weighted by Crippen LogP contribution is 2.39. The molecule has 92 valence electrons. The van der Waals surface area contributed by atoms with Crippen LogP contribution in [0.4, 0.5) is 13.2 Å². The molecule has 1 aliphatic heterocycles. The fraction of sp³-hybridized carbons (Fsp3) is 0.417. The molecule has 1 fully saturated rings. The Morgan fingerprint density at radius 2 is 1.94 bits per heavy atom. The van der Waals surface area contributed by atoms with Crippen LogP contribution < -0.4 is 5.32 Å². The third-order valence-corrected chi connectivity index (χ3v) is 3.09. The number of alkyl halides is 3. The summed E-state index contributed by atoms with van der Waals surface area (Å²) in [6.07, 6.45) is -3.74. The summed E-state index contributed by atoms with van der Waals surface area (Å²) in [7, 11) is 0. The second kappa shape index (κ2) is 3.75. The Bertz CT molecular complexity index is 455. The molecule has 0 saturated carbocycles. The van der Waals surface area contributed by atoms with Crippen molar-refractivity contribution in [2.75, 3.05) is 0 Å². The lowest BCUT2D eigenvalue weighted by molar-refractivity contribution is -0.139. The van der Waals surface area contributed by atoms with Crippen LogP contribution in [-0.2, 0) is 16.5 Å². The Hall–Kier alpha value is -1.52. The first-order valence-corrected chi connectivity index (χ1v) is 5.31. The molecule has 0 radical (unpaired) electrons. The minimum absolute atomic E-state index is 0.137. The molecule has 1 heterocycles. The minimum atomic E-state index is -4.40. The summed E-state index contributed by atoms with van der Waals surface area (Å²) in [4.78, 5) is 11.2. The summed E-state index contributed by atoms with van der Waals surface area (Å²) in [5.41, 5.74) is -1.45. The topological polar surface area (TPSA) is 29.1 Å². The molecule has 0 bridgehead atoms. The van der Waals surface area contributed by atoms with Gasteiger partial charge in [-0.1, -0.05) is 18.2 Å². The predicted octanol–water partition coefficient (Wildman–Crippen LogP) is 2.83. The van der Waals surface area contributed by atoms with E-state index in [0.29, 0.717) is 6.42 Å². The van der Waals surface area contributed by atoms with Crippen molar-refractivity contribution in [3.63, 3.8) is 0 Å². The number of hydrogen-bond donors (Lipinski definition) is 1. The molecule has 2 nitrogen and oxygen atoms in total. The molecule has 1 atom stereocenters. The van der Waals surface area contributed by atoms with Crippen LogP contribution in [-0.4, -0.2) is 5.91 Å². The van der Waals surface area contributed by atoms with E-state index in [1.807, 2.05) is 0 Å². The van der Waals surface area contributed by atoms with Gasteiger partial charge in [-0.15, -0.1) is 0 Å². The van der Waals surface area contributed by atoms with Crippen LogP contribution >= 0.6 is 0 Å². The van der Waals surface area contributed by atoms with Gasteiger partial charge in [-0.25, -0.2) is 0 Å². The van der Waals surface area contributed by atoms with Crippen LogP contribution in [0.25, 0.3) is 0 Å². The molecule has 17 heavy (non-hydrogen) atoms. The number of benzene rings is 1. The number of amides is 1. The third-order valence-electron chi connectivity index (χ3n) is 3.09. The summed E-state index contributed by atoms with van der Waals surface area (Å²) >= 11 is 0. The fourth-order valence-electron chi connectivity index (χ4n) is 2.21. The Balaban J connectivity index is 2.49. The van der Waals surface area contributed by atoms with Crippen LogP contribution in [0.5, 0.6) is 0 Å². The highest BCUT2D eigenvalue weighted by atomic mass is 19.4. The first-order chi connectivity index (χ1) is 7.83. The predicted molar refractivity (Wildman–Crippen MR) is 56.2 cm³/mol. The van der Waals surface area contributed by atoms with E-state index >= 15 is 0 Å². The molecule has 1 saturated heterocycles. The number of hydrogen-bond acceptors (Lipinski definition) is 1. The molecule has 1 aliphatic rings. The molecule has 1 N–H and O–H groups in total. The van der Waals surface area contributed by atoms with Gasteiger partial charge >= 0.3 is 6.18 Å². The van der Waals surface area contributed by atoms with Crippen molar-refractivity contribution in [1.29, 1.82) is 0 Å². The summed E-state index contributed by atoms with van der Waals surface area (Å²) in [6, 6.07) is 5.38. The van der Waals surface area contributed by atoms with E-state index < -0.39 is 17.3 Å². The maximum atomic E-state index is 12.9. The summed E-state index contributed by atoms with van der Waals surface area (Å²) < 4.78 is 38.6. The molecule has 0 spiro atoms. The highest BCUT2D eigenvalue weighted by molar-refractivity contribution is 5.79. The van der Waals surface area contributed by atoms with Gasteiger partial charge in [0.25, 0.3) is 0 Å². The van der Waals surface area contributed by atoms with Crippen molar-refractivity contribution >= 4 is 5.91 Å². The smallest absolute Gasteiger partial charge is 0.347 e. The van der Waals surface area contributed by atoms with Crippen LogP contribution in [0, 0.1) is 0 Å². The van der Waals surface area contributed by atoms with Gasteiger partial charge in [-0.05, 0) is 25.0 Å². The largest absolute Gasteiger partial charge is 0.416 e. The number of rotatable bonds is 1. The molecule has 1 unspecified atom stereocenters. The lowest BCUT2D eigenvalue weighted by atomic mass is 9.87. The lowest BCUT2D eigenvalue weighted by Gasteiger charge is -2.27. The average molecular weight is 243 g/mol. The molecular formula is C12H12F3NO. The van der Waals surface area contributed by atoms with Gasteiger partial charge in [0, 0.05) is 6.42 Å². The van der Waals surface area contributed by atoms with Gasteiger partial charge in [0.1, 0.15) is 0 Å². The molecule has 2 rings (SSSR count). The van der Waals surface area contributed by atoms with E-state index in [1.165, 1.54) is 12.1 Å². The van der Waals surface area contributed by atoms with E-state index in [1.54, 1.807) is 13.0 Å². The first kappa shape index (κ1) is 12.0. The second-order valence-electron chi connectivity index (χ2n) is 4.42. The van der Waals surface area contributed by atoms with Gasteiger partial charge in [-0.3, -0.25) is 4.79 Å². The van der Waals surface area contributed by atoms with E-state index in [9.17, 15) is 18.0 Å². The Labute approximate surface area is 96.8 Å².